The van der Waals surface area contributed by atoms with Gasteiger partial charge in [0.15, 0.2) is 0 Å². The highest BCUT2D eigenvalue weighted by Gasteiger charge is 2.26. The normalized spacial score (nSPS) is 12.8. The molecule has 0 aliphatic heterocycles. The molecule has 0 fully saturated rings. The molecule has 7 heteroatoms. The summed E-state index contributed by atoms with van der Waals surface area (Å²) in [5, 5.41) is 20.1. The average molecular weight is 680 g/mol. The summed E-state index contributed by atoms with van der Waals surface area (Å²) in [6.07, 6.45) is 1.49. The van der Waals surface area contributed by atoms with Gasteiger partial charge in [0.1, 0.15) is 11.5 Å². The van der Waals surface area contributed by atoms with Gasteiger partial charge in [0.25, 0.3) is 0 Å². The summed E-state index contributed by atoms with van der Waals surface area (Å²) in [5.74, 6) is -0.304. The fourth-order valence-electron chi connectivity index (χ4n) is 6.17. The van der Waals surface area contributed by atoms with Crippen LogP contribution in [0.1, 0.15) is 99.6 Å². The Bertz CT molecular complexity index is 1550. The second-order valence-electron chi connectivity index (χ2n) is 13.8. The van der Waals surface area contributed by atoms with Crippen LogP contribution in [0.25, 0.3) is 0 Å². The molecule has 4 rings (SSSR count). The van der Waals surface area contributed by atoms with Crippen LogP contribution in [0.5, 0.6) is 11.5 Å². The lowest BCUT2D eigenvalue weighted by Crippen LogP contribution is -2.34. The summed E-state index contributed by atoms with van der Waals surface area (Å²) < 4.78 is 11.8. The van der Waals surface area contributed by atoms with E-state index in [2.05, 4.69) is 43.0 Å². The quantitative estimate of drug-likeness (QED) is 0.0857. The first kappa shape index (κ1) is 38.5. The monoisotopic (exact) mass is 679 g/mol. The molecule has 4 aromatic carbocycles. The molecule has 0 saturated heterocycles. The molecule has 0 aliphatic carbocycles. The Morgan fingerprint density at radius 1 is 0.580 bits per heavy atom. The van der Waals surface area contributed by atoms with Crippen LogP contribution in [-0.2, 0) is 22.8 Å². The number of aliphatic hydroxyl groups excluding tert-OH is 2. The molecular formula is C43H53NO6. The summed E-state index contributed by atoms with van der Waals surface area (Å²) >= 11 is 0. The van der Waals surface area contributed by atoms with Crippen molar-refractivity contribution in [3.63, 3.8) is 0 Å². The fourth-order valence-corrected chi connectivity index (χ4v) is 6.17. The Morgan fingerprint density at radius 2 is 0.960 bits per heavy atom. The number of carbonyl (C=O) groups is 2. The first-order chi connectivity index (χ1) is 24.0. The van der Waals surface area contributed by atoms with Crippen molar-refractivity contribution >= 4 is 11.9 Å². The maximum Gasteiger partial charge on any atom is 0.313 e. The van der Waals surface area contributed by atoms with Gasteiger partial charge in [0, 0.05) is 29.0 Å². The largest absolute Gasteiger partial charge is 0.426 e. The van der Waals surface area contributed by atoms with Gasteiger partial charge in [-0.3, -0.25) is 9.59 Å². The maximum absolute atomic E-state index is 12.8. The Labute approximate surface area is 297 Å². The SMILES string of the molecule is CC(C)C(=O)Oc1ccc(CO)cc1C(CCN(CC[C@H](c1ccccc1)c1cc(CO)ccc1OC(=O)C(C)C)C(C)C)c1ccccc1. The lowest BCUT2D eigenvalue weighted by Gasteiger charge is -2.31. The van der Waals surface area contributed by atoms with Gasteiger partial charge >= 0.3 is 11.9 Å². The minimum Gasteiger partial charge on any atom is -0.426 e. The number of hydrogen-bond donors (Lipinski definition) is 2. The number of hydrogen-bond acceptors (Lipinski definition) is 7. The number of benzene rings is 4. The van der Waals surface area contributed by atoms with Gasteiger partial charge < -0.3 is 24.6 Å². The molecule has 0 heterocycles. The highest BCUT2D eigenvalue weighted by atomic mass is 16.5. The molecule has 4 aromatic rings. The number of esters is 2. The number of nitrogens with zero attached hydrogens (tertiary/aromatic N) is 1. The van der Waals surface area contributed by atoms with Crippen LogP contribution in [0, 0.1) is 11.8 Å². The summed E-state index contributed by atoms with van der Waals surface area (Å²) in [6.45, 7) is 12.9. The van der Waals surface area contributed by atoms with Crippen molar-refractivity contribution in [1.82, 2.24) is 4.90 Å². The second kappa shape index (κ2) is 18.6. The molecule has 0 bridgehead atoms. The van der Waals surface area contributed by atoms with Crippen LogP contribution in [0.2, 0.25) is 0 Å². The predicted molar refractivity (Wildman–Crippen MR) is 198 cm³/mol. The number of rotatable bonds is 17. The summed E-state index contributed by atoms with van der Waals surface area (Å²) in [4.78, 5) is 28.0. The Kier molecular flexibility index (Phi) is 14.3. The molecule has 1 unspecified atom stereocenters. The Hall–Kier alpha value is -4.30. The molecule has 0 spiro atoms. The Balaban J connectivity index is 1.67. The molecular weight excluding hydrogens is 626 g/mol. The van der Waals surface area contributed by atoms with E-state index in [0.717, 1.165) is 59.3 Å². The third-order valence-corrected chi connectivity index (χ3v) is 9.17. The highest BCUT2D eigenvalue weighted by Crippen LogP contribution is 2.38. The van der Waals surface area contributed by atoms with Crippen molar-refractivity contribution in [2.75, 3.05) is 13.1 Å². The molecule has 0 radical (unpaired) electrons. The van der Waals surface area contributed by atoms with Gasteiger partial charge in [0.2, 0.25) is 0 Å². The van der Waals surface area contributed by atoms with Crippen molar-refractivity contribution in [1.29, 1.82) is 0 Å². The van der Waals surface area contributed by atoms with Crippen molar-refractivity contribution in [3.8, 4) is 11.5 Å². The first-order valence-corrected chi connectivity index (χ1v) is 17.8. The Morgan fingerprint density at radius 3 is 1.28 bits per heavy atom. The van der Waals surface area contributed by atoms with Crippen molar-refractivity contribution in [2.24, 2.45) is 11.8 Å². The zero-order valence-electron chi connectivity index (χ0n) is 30.3. The van der Waals surface area contributed by atoms with Crippen LogP contribution in [0.3, 0.4) is 0 Å². The highest BCUT2D eigenvalue weighted by molar-refractivity contribution is 5.75. The van der Waals surface area contributed by atoms with Gasteiger partial charge in [-0.2, -0.15) is 0 Å². The zero-order valence-corrected chi connectivity index (χ0v) is 30.3. The summed E-state index contributed by atoms with van der Waals surface area (Å²) in [7, 11) is 0. The second-order valence-corrected chi connectivity index (χ2v) is 13.8. The van der Waals surface area contributed by atoms with Crippen LogP contribution in [0.4, 0.5) is 0 Å². The zero-order chi connectivity index (χ0) is 36.2. The van der Waals surface area contributed by atoms with E-state index in [-0.39, 0.29) is 54.9 Å². The van der Waals surface area contributed by atoms with E-state index in [0.29, 0.717) is 11.5 Å². The maximum atomic E-state index is 12.8. The van der Waals surface area contributed by atoms with Gasteiger partial charge in [-0.25, -0.2) is 0 Å². The molecule has 0 amide bonds. The van der Waals surface area contributed by atoms with Crippen LogP contribution in [-0.4, -0.2) is 46.2 Å². The van der Waals surface area contributed by atoms with E-state index in [1.54, 1.807) is 24.3 Å². The fraction of sp³-hybridized carbons (Fsp3) is 0.395. The lowest BCUT2D eigenvalue weighted by atomic mass is 9.85. The third-order valence-electron chi connectivity index (χ3n) is 9.17. The molecule has 266 valence electrons. The van der Waals surface area contributed by atoms with Crippen LogP contribution < -0.4 is 9.47 Å². The van der Waals surface area contributed by atoms with Crippen molar-refractivity contribution in [2.45, 2.75) is 85.5 Å². The topological polar surface area (TPSA) is 96.3 Å². The number of aliphatic hydroxyl groups is 2. The lowest BCUT2D eigenvalue weighted by molar-refractivity contribution is -0.138. The minimum atomic E-state index is -0.297. The van der Waals surface area contributed by atoms with Gasteiger partial charge in [-0.1, -0.05) is 100 Å². The van der Waals surface area contributed by atoms with E-state index < -0.39 is 0 Å². The standard InChI is InChI=1S/C43H53NO6/c1-29(2)42(47)49-40-19-17-32(27-45)25-38(40)36(34-13-9-7-10-14-34)21-23-44(31(5)6)24-22-37(35-15-11-8-12-16-35)39-26-33(28-46)18-20-41(39)50-43(48)30(3)4/h7-20,25-26,29-31,36-37,45-46H,21-24,27-28H2,1-6H3/t36-,37?/m1/s1. The van der Waals surface area contributed by atoms with Gasteiger partial charge in [-0.15, -0.1) is 0 Å². The van der Waals surface area contributed by atoms with Crippen LogP contribution in [0.15, 0.2) is 97.1 Å². The number of carbonyl (C=O) groups excluding carboxylic acids is 2. The molecule has 50 heavy (non-hydrogen) atoms. The van der Waals surface area contributed by atoms with E-state index in [1.807, 2.05) is 76.2 Å². The van der Waals surface area contributed by atoms with E-state index in [4.69, 9.17) is 9.47 Å². The summed E-state index contributed by atoms with van der Waals surface area (Å²) in [6, 6.07) is 31.8. The average Bonchev–Trinajstić information content (AvgIpc) is 3.12. The van der Waals surface area contributed by atoms with E-state index >= 15 is 0 Å². The van der Waals surface area contributed by atoms with Crippen LogP contribution >= 0.6 is 0 Å². The van der Waals surface area contributed by atoms with E-state index in [9.17, 15) is 19.8 Å². The van der Waals surface area contributed by atoms with Gasteiger partial charge in [-0.05, 0) is 86.3 Å². The molecule has 2 atom stereocenters. The molecule has 0 saturated carbocycles. The predicted octanol–water partition coefficient (Wildman–Crippen LogP) is 8.25. The van der Waals surface area contributed by atoms with Crippen molar-refractivity contribution < 1.29 is 29.3 Å². The smallest absolute Gasteiger partial charge is 0.313 e. The van der Waals surface area contributed by atoms with Gasteiger partial charge in [0.05, 0.1) is 25.0 Å². The molecule has 7 nitrogen and oxygen atoms in total. The first-order valence-electron chi connectivity index (χ1n) is 17.8. The minimum absolute atomic E-state index is 0.0906. The number of ether oxygens (including phenoxy) is 2. The molecule has 0 aliphatic rings. The molecule has 2 N–H and O–H groups in total. The summed E-state index contributed by atoms with van der Waals surface area (Å²) in [5.41, 5.74) is 5.48. The van der Waals surface area contributed by atoms with Crippen molar-refractivity contribution in [3.05, 3.63) is 130 Å². The third kappa shape index (κ3) is 10.4. The van der Waals surface area contributed by atoms with E-state index in [1.165, 1.54) is 0 Å². The molecule has 0 aromatic heterocycles.